The Balaban J connectivity index is 1.44. The molecular weight excluding hydrogens is 445 g/mol. The Morgan fingerprint density at radius 3 is 2.79 bits per heavy atom. The second-order valence-corrected chi connectivity index (χ2v) is 9.31. The van der Waals surface area contributed by atoms with Crippen molar-refractivity contribution in [3.63, 3.8) is 0 Å². The number of aromatic nitrogens is 2. The van der Waals surface area contributed by atoms with Crippen molar-refractivity contribution in [2.75, 3.05) is 31.6 Å². The minimum Gasteiger partial charge on any atom is -0.482 e. The summed E-state index contributed by atoms with van der Waals surface area (Å²) < 4.78 is 55.9. The predicted molar refractivity (Wildman–Crippen MR) is 122 cm³/mol. The van der Waals surface area contributed by atoms with E-state index in [1.54, 1.807) is 0 Å². The highest BCUT2D eigenvalue weighted by atomic mass is 19.4. The number of anilines is 1. The zero-order chi connectivity index (χ0) is 23.4. The summed E-state index contributed by atoms with van der Waals surface area (Å²) in [5, 5.41) is 9.37. The van der Waals surface area contributed by atoms with E-state index in [2.05, 4.69) is 16.1 Å². The molecule has 3 heterocycles. The molecule has 9 heteroatoms. The number of rotatable bonds is 3. The molecule has 1 N–H and O–H groups in total. The molecule has 178 valence electrons. The van der Waals surface area contributed by atoms with Crippen molar-refractivity contribution < 1.29 is 27.2 Å². The van der Waals surface area contributed by atoms with E-state index < -0.39 is 11.7 Å². The number of morpholine rings is 1. The van der Waals surface area contributed by atoms with Gasteiger partial charge in [-0.25, -0.2) is 4.58 Å². The molecule has 2 aliphatic heterocycles. The molecule has 0 amide bonds. The highest BCUT2D eigenvalue weighted by Gasteiger charge is 2.39. The summed E-state index contributed by atoms with van der Waals surface area (Å²) in [4.78, 5) is 0. The lowest BCUT2D eigenvalue weighted by atomic mass is 9.95. The van der Waals surface area contributed by atoms with E-state index in [-0.39, 0.29) is 24.5 Å². The molecule has 1 saturated carbocycles. The van der Waals surface area contributed by atoms with Crippen LogP contribution in [0.1, 0.15) is 43.0 Å². The summed E-state index contributed by atoms with van der Waals surface area (Å²) in [6.07, 6.45) is -0.0132. The molecule has 1 aliphatic carbocycles. The number of ether oxygens (including phenoxy) is 2. The van der Waals surface area contributed by atoms with E-state index in [9.17, 15) is 13.2 Å². The van der Waals surface area contributed by atoms with E-state index in [0.29, 0.717) is 31.3 Å². The van der Waals surface area contributed by atoms with Gasteiger partial charge in [-0.2, -0.15) is 18.3 Å². The van der Waals surface area contributed by atoms with Crippen LogP contribution in [0, 0.1) is 0 Å². The van der Waals surface area contributed by atoms with Gasteiger partial charge in [0, 0.05) is 22.8 Å². The molecule has 2 fully saturated rings. The van der Waals surface area contributed by atoms with Crippen LogP contribution in [0.3, 0.4) is 0 Å². The van der Waals surface area contributed by atoms with Crippen LogP contribution in [0.2, 0.25) is 0 Å². The Labute approximate surface area is 195 Å². The standard InChI is InChI=1S/C25H26F3N4O2/c1-15-12-31(9-10-33-15)22-14-34-23-11-16(25(26,27)28)5-8-18(23)24(22)29-20-3-2-4-21-19(20)13-32(30-21)17-6-7-17/h2-5,8,11,13,15,17,24,29H,6-7,9-10,12,14H2,1H3/q+1/t15-,24+/m1/s1. The minimum atomic E-state index is -4.42. The fourth-order valence-corrected chi connectivity index (χ4v) is 4.87. The summed E-state index contributed by atoms with van der Waals surface area (Å²) in [6, 6.07) is 9.85. The van der Waals surface area contributed by atoms with Crippen LogP contribution in [0.4, 0.5) is 18.9 Å². The van der Waals surface area contributed by atoms with Gasteiger partial charge >= 0.3 is 6.18 Å². The van der Waals surface area contributed by atoms with Gasteiger partial charge in [0.25, 0.3) is 0 Å². The lowest BCUT2D eigenvalue weighted by molar-refractivity contribution is -0.560. The molecule has 0 unspecified atom stereocenters. The zero-order valence-electron chi connectivity index (χ0n) is 18.8. The molecule has 0 radical (unpaired) electrons. The second kappa shape index (κ2) is 8.01. The van der Waals surface area contributed by atoms with Crippen LogP contribution < -0.4 is 10.1 Å². The first-order valence-corrected chi connectivity index (χ1v) is 11.7. The summed E-state index contributed by atoms with van der Waals surface area (Å²) in [5.74, 6) is 0.262. The van der Waals surface area contributed by atoms with E-state index in [0.717, 1.165) is 47.3 Å². The van der Waals surface area contributed by atoms with Crippen molar-refractivity contribution in [3.8, 4) is 5.75 Å². The van der Waals surface area contributed by atoms with E-state index in [4.69, 9.17) is 14.6 Å². The van der Waals surface area contributed by atoms with Crippen LogP contribution in [-0.4, -0.2) is 52.5 Å². The monoisotopic (exact) mass is 471 g/mol. The average Bonchev–Trinajstić information content (AvgIpc) is 3.57. The first kappa shape index (κ1) is 21.5. The van der Waals surface area contributed by atoms with Gasteiger partial charge in [0.05, 0.1) is 17.1 Å². The molecule has 6 nitrogen and oxygen atoms in total. The Kier molecular flexibility index (Phi) is 5.05. The lowest BCUT2D eigenvalue weighted by Gasteiger charge is -2.30. The minimum absolute atomic E-state index is 0.0658. The summed E-state index contributed by atoms with van der Waals surface area (Å²) >= 11 is 0. The molecule has 2 atom stereocenters. The number of nitrogens with one attached hydrogen (secondary N) is 1. The van der Waals surface area contributed by atoms with Crippen LogP contribution in [0.5, 0.6) is 5.75 Å². The SMILES string of the molecule is C[C@@H]1C[N+](=C2COc3cc(C(F)(F)F)ccc3[C@@H]2Nc2cccc3nn(C4CC4)cc23)CCO1. The molecule has 0 spiro atoms. The zero-order valence-corrected chi connectivity index (χ0v) is 18.8. The molecular formula is C25H26F3N4O2+. The normalized spacial score (nSPS) is 25.2. The van der Waals surface area contributed by atoms with Gasteiger partial charge in [0.15, 0.2) is 19.7 Å². The van der Waals surface area contributed by atoms with Crippen LogP contribution in [-0.2, 0) is 10.9 Å². The summed E-state index contributed by atoms with van der Waals surface area (Å²) in [6.45, 7) is 4.25. The Bertz CT molecular complexity index is 1280. The summed E-state index contributed by atoms with van der Waals surface area (Å²) in [7, 11) is 0. The Hall–Kier alpha value is -3.07. The summed E-state index contributed by atoms with van der Waals surface area (Å²) in [5.41, 5.74) is 2.79. The molecule has 3 aliphatic rings. The maximum absolute atomic E-state index is 13.4. The predicted octanol–water partition coefficient (Wildman–Crippen LogP) is 4.81. The number of fused-ring (bicyclic) bond motifs is 2. The lowest BCUT2D eigenvalue weighted by Crippen LogP contribution is -2.44. The third kappa shape index (κ3) is 3.91. The van der Waals surface area contributed by atoms with Crippen molar-refractivity contribution >= 4 is 22.3 Å². The molecule has 0 bridgehead atoms. The first-order valence-electron chi connectivity index (χ1n) is 11.7. The van der Waals surface area contributed by atoms with Crippen molar-refractivity contribution in [2.45, 2.75) is 44.1 Å². The van der Waals surface area contributed by atoms with Crippen LogP contribution in [0.25, 0.3) is 10.9 Å². The van der Waals surface area contributed by atoms with E-state index in [1.807, 2.05) is 29.8 Å². The number of halogens is 3. The van der Waals surface area contributed by atoms with Gasteiger partial charge in [-0.3, -0.25) is 4.68 Å². The van der Waals surface area contributed by atoms with Crippen molar-refractivity contribution in [3.05, 3.63) is 53.7 Å². The van der Waals surface area contributed by atoms with Crippen LogP contribution in [0.15, 0.2) is 42.6 Å². The fraction of sp³-hybridized carbons (Fsp3) is 0.440. The van der Waals surface area contributed by atoms with Gasteiger partial charge in [-0.1, -0.05) is 12.1 Å². The number of benzene rings is 2. The highest BCUT2D eigenvalue weighted by Crippen LogP contribution is 2.40. The maximum Gasteiger partial charge on any atom is 0.416 e. The van der Waals surface area contributed by atoms with Gasteiger partial charge in [0.2, 0.25) is 5.71 Å². The average molecular weight is 472 g/mol. The van der Waals surface area contributed by atoms with Gasteiger partial charge in [-0.15, -0.1) is 0 Å². The smallest absolute Gasteiger partial charge is 0.416 e. The number of hydrogen-bond donors (Lipinski definition) is 1. The van der Waals surface area contributed by atoms with Gasteiger partial charge in [0.1, 0.15) is 24.5 Å². The first-order chi connectivity index (χ1) is 16.4. The fourth-order valence-electron chi connectivity index (χ4n) is 4.87. The van der Waals surface area contributed by atoms with E-state index in [1.165, 1.54) is 6.07 Å². The van der Waals surface area contributed by atoms with Crippen molar-refractivity contribution in [1.29, 1.82) is 0 Å². The van der Waals surface area contributed by atoms with Crippen molar-refractivity contribution in [2.24, 2.45) is 0 Å². The Morgan fingerprint density at radius 1 is 1.18 bits per heavy atom. The maximum atomic E-state index is 13.4. The molecule has 1 aromatic heterocycles. The molecule has 3 aromatic rings. The highest BCUT2D eigenvalue weighted by molar-refractivity contribution is 5.97. The largest absolute Gasteiger partial charge is 0.482 e. The topological polar surface area (TPSA) is 51.3 Å². The number of nitrogens with zero attached hydrogens (tertiary/aromatic N) is 3. The Morgan fingerprint density at radius 2 is 2.03 bits per heavy atom. The molecule has 1 saturated heterocycles. The third-order valence-electron chi connectivity index (χ3n) is 6.80. The van der Waals surface area contributed by atoms with Crippen molar-refractivity contribution in [1.82, 2.24) is 9.78 Å². The second-order valence-electron chi connectivity index (χ2n) is 9.31. The number of hydrogen-bond acceptors (Lipinski definition) is 4. The van der Waals surface area contributed by atoms with Crippen LogP contribution >= 0.6 is 0 Å². The molecule has 34 heavy (non-hydrogen) atoms. The third-order valence-corrected chi connectivity index (χ3v) is 6.80. The van der Waals surface area contributed by atoms with Gasteiger partial charge in [-0.05, 0) is 44.0 Å². The molecule has 2 aromatic carbocycles. The van der Waals surface area contributed by atoms with E-state index >= 15 is 0 Å². The molecule has 6 rings (SSSR count). The number of alkyl halides is 3. The van der Waals surface area contributed by atoms with Gasteiger partial charge < -0.3 is 14.8 Å². The quantitative estimate of drug-likeness (QED) is 0.558.